The summed E-state index contributed by atoms with van der Waals surface area (Å²) in [6.45, 7) is 0.154. The molecule has 0 N–H and O–H groups in total. The predicted molar refractivity (Wildman–Crippen MR) is 104 cm³/mol. The maximum Gasteiger partial charge on any atom is 0.347 e. The highest BCUT2D eigenvalue weighted by Crippen LogP contribution is 2.35. The molecule has 1 aliphatic heterocycles. The van der Waals surface area contributed by atoms with Gasteiger partial charge in [0.05, 0.1) is 5.69 Å². The van der Waals surface area contributed by atoms with E-state index in [4.69, 9.17) is 14.2 Å². The second-order valence-electron chi connectivity index (χ2n) is 6.32. The maximum atomic E-state index is 13.0. The van der Waals surface area contributed by atoms with Crippen molar-refractivity contribution in [3.63, 3.8) is 0 Å². The lowest BCUT2D eigenvalue weighted by atomic mass is 10.1. The number of rotatable bonds is 4. The van der Waals surface area contributed by atoms with Gasteiger partial charge in [-0.3, -0.25) is 4.98 Å². The number of hydrogen-bond acceptors (Lipinski definition) is 6. The molecule has 142 valence electrons. The molecule has 0 aliphatic carbocycles. The quantitative estimate of drug-likeness (QED) is 0.392. The molecule has 7 nitrogen and oxygen atoms in total. The number of pyridine rings is 1. The lowest BCUT2D eigenvalue weighted by molar-refractivity contribution is 0.0735. The van der Waals surface area contributed by atoms with E-state index in [1.807, 2.05) is 36.4 Å². The summed E-state index contributed by atoms with van der Waals surface area (Å²) in [5.74, 6) is 1.01. The normalized spacial score (nSPS) is 12.0. The standard InChI is InChI=1S/C22H15N3O4/c26-22(29-17-8-9-19-20(11-17)28-14-27-19)18-13-25(16-6-2-1-3-7-16)24-21(18)15-5-4-10-23-12-15/h1-13H,14H2. The molecular formula is C22H15N3O4. The van der Waals surface area contributed by atoms with Crippen molar-refractivity contribution in [3.05, 3.63) is 84.8 Å². The van der Waals surface area contributed by atoms with Gasteiger partial charge in [-0.2, -0.15) is 5.10 Å². The van der Waals surface area contributed by atoms with Crippen LogP contribution in [0.5, 0.6) is 17.2 Å². The third-order valence-electron chi connectivity index (χ3n) is 4.44. The summed E-state index contributed by atoms with van der Waals surface area (Å²) < 4.78 is 17.9. The lowest BCUT2D eigenvalue weighted by Crippen LogP contribution is -2.09. The summed E-state index contributed by atoms with van der Waals surface area (Å²) >= 11 is 0. The predicted octanol–water partition coefficient (Wildman–Crippen LogP) is 3.88. The topological polar surface area (TPSA) is 75.5 Å². The number of aromatic nitrogens is 3. The van der Waals surface area contributed by atoms with Gasteiger partial charge in [0.15, 0.2) is 11.5 Å². The van der Waals surface area contributed by atoms with Crippen molar-refractivity contribution >= 4 is 5.97 Å². The second kappa shape index (κ2) is 7.12. The van der Waals surface area contributed by atoms with Crippen LogP contribution in [0.2, 0.25) is 0 Å². The van der Waals surface area contributed by atoms with Crippen LogP contribution in [-0.4, -0.2) is 27.5 Å². The fraction of sp³-hybridized carbons (Fsp3) is 0.0455. The molecule has 29 heavy (non-hydrogen) atoms. The van der Waals surface area contributed by atoms with E-state index >= 15 is 0 Å². The van der Waals surface area contributed by atoms with Gasteiger partial charge in [-0.25, -0.2) is 9.48 Å². The van der Waals surface area contributed by atoms with Crippen molar-refractivity contribution in [1.29, 1.82) is 0 Å². The number of benzene rings is 2. The van der Waals surface area contributed by atoms with Gasteiger partial charge < -0.3 is 14.2 Å². The second-order valence-corrected chi connectivity index (χ2v) is 6.32. The molecule has 0 radical (unpaired) electrons. The Kier molecular flexibility index (Phi) is 4.18. The average Bonchev–Trinajstić information content (AvgIpc) is 3.42. The number of fused-ring (bicyclic) bond motifs is 1. The van der Waals surface area contributed by atoms with Gasteiger partial charge in [-0.15, -0.1) is 0 Å². The SMILES string of the molecule is O=C(Oc1ccc2c(c1)OCO2)c1cn(-c2ccccc2)nc1-c1cccnc1. The third kappa shape index (κ3) is 3.29. The molecule has 4 aromatic rings. The van der Waals surface area contributed by atoms with Crippen molar-refractivity contribution in [2.75, 3.05) is 6.79 Å². The molecule has 0 amide bonds. The van der Waals surface area contributed by atoms with Crippen LogP contribution in [0.25, 0.3) is 16.9 Å². The van der Waals surface area contributed by atoms with Crippen molar-refractivity contribution in [3.8, 4) is 34.2 Å². The number of ether oxygens (including phenoxy) is 3. The van der Waals surface area contributed by atoms with Gasteiger partial charge in [0.25, 0.3) is 0 Å². The number of carbonyl (C=O) groups is 1. The first-order chi connectivity index (χ1) is 14.3. The highest BCUT2D eigenvalue weighted by Gasteiger charge is 2.22. The smallest absolute Gasteiger partial charge is 0.347 e. The molecule has 0 bridgehead atoms. The Morgan fingerprint density at radius 1 is 1.00 bits per heavy atom. The Morgan fingerprint density at radius 2 is 1.86 bits per heavy atom. The fourth-order valence-corrected chi connectivity index (χ4v) is 3.05. The van der Waals surface area contributed by atoms with Gasteiger partial charge in [-0.1, -0.05) is 18.2 Å². The highest BCUT2D eigenvalue weighted by atomic mass is 16.7. The van der Waals surface area contributed by atoms with Crippen LogP contribution < -0.4 is 14.2 Å². The van der Waals surface area contributed by atoms with Crippen LogP contribution in [-0.2, 0) is 0 Å². The van der Waals surface area contributed by atoms with Crippen LogP contribution >= 0.6 is 0 Å². The first kappa shape index (κ1) is 17.0. The van der Waals surface area contributed by atoms with Crippen LogP contribution in [0.1, 0.15) is 10.4 Å². The summed E-state index contributed by atoms with van der Waals surface area (Å²) in [5, 5.41) is 4.60. The molecule has 0 atom stereocenters. The zero-order chi connectivity index (χ0) is 19.6. The first-order valence-corrected chi connectivity index (χ1v) is 8.95. The molecule has 3 heterocycles. The monoisotopic (exact) mass is 385 g/mol. The minimum Gasteiger partial charge on any atom is -0.454 e. The molecule has 5 rings (SSSR count). The lowest BCUT2D eigenvalue weighted by Gasteiger charge is -2.05. The van der Waals surface area contributed by atoms with E-state index in [-0.39, 0.29) is 6.79 Å². The largest absolute Gasteiger partial charge is 0.454 e. The molecular weight excluding hydrogens is 370 g/mol. The molecule has 2 aromatic heterocycles. The van der Waals surface area contributed by atoms with Gasteiger partial charge in [-0.05, 0) is 36.4 Å². The summed E-state index contributed by atoms with van der Waals surface area (Å²) in [6.07, 6.45) is 4.99. The summed E-state index contributed by atoms with van der Waals surface area (Å²) in [4.78, 5) is 17.1. The van der Waals surface area contributed by atoms with Crippen LogP contribution in [0, 0.1) is 0 Å². The molecule has 0 fully saturated rings. The van der Waals surface area contributed by atoms with Crippen LogP contribution in [0.15, 0.2) is 79.3 Å². The van der Waals surface area contributed by atoms with Crippen molar-refractivity contribution in [2.24, 2.45) is 0 Å². The van der Waals surface area contributed by atoms with E-state index in [0.29, 0.717) is 28.5 Å². The number of nitrogens with zero attached hydrogens (tertiary/aromatic N) is 3. The molecule has 0 saturated carbocycles. The zero-order valence-electron chi connectivity index (χ0n) is 15.2. The molecule has 0 spiro atoms. The average molecular weight is 385 g/mol. The first-order valence-electron chi connectivity index (χ1n) is 8.95. The number of hydrogen-bond donors (Lipinski definition) is 0. The minimum atomic E-state index is -0.523. The van der Waals surface area contributed by atoms with E-state index in [2.05, 4.69) is 10.1 Å². The van der Waals surface area contributed by atoms with Crippen LogP contribution in [0.3, 0.4) is 0 Å². The van der Waals surface area contributed by atoms with E-state index in [9.17, 15) is 4.79 Å². The fourth-order valence-electron chi connectivity index (χ4n) is 3.05. The minimum absolute atomic E-state index is 0.154. The van der Waals surface area contributed by atoms with E-state index in [1.54, 1.807) is 47.5 Å². The van der Waals surface area contributed by atoms with Gasteiger partial charge in [0.2, 0.25) is 6.79 Å². The Labute approximate surface area is 166 Å². The molecule has 1 aliphatic rings. The number of esters is 1. The number of carbonyl (C=O) groups excluding carboxylic acids is 1. The Morgan fingerprint density at radius 3 is 2.69 bits per heavy atom. The van der Waals surface area contributed by atoms with Crippen molar-refractivity contribution in [2.45, 2.75) is 0 Å². The molecule has 0 unspecified atom stereocenters. The summed E-state index contributed by atoms with van der Waals surface area (Å²) in [5.41, 5.74) is 2.38. The molecule has 2 aromatic carbocycles. The van der Waals surface area contributed by atoms with E-state index < -0.39 is 5.97 Å². The Hall–Kier alpha value is -4.13. The van der Waals surface area contributed by atoms with Crippen LogP contribution in [0.4, 0.5) is 0 Å². The van der Waals surface area contributed by atoms with Gasteiger partial charge >= 0.3 is 5.97 Å². The van der Waals surface area contributed by atoms with Crippen molar-refractivity contribution < 1.29 is 19.0 Å². The molecule has 0 saturated heterocycles. The highest BCUT2D eigenvalue weighted by molar-refractivity contribution is 5.97. The summed E-state index contributed by atoms with van der Waals surface area (Å²) in [6, 6.07) is 18.2. The molecule has 7 heteroatoms. The Bertz CT molecular complexity index is 1170. The Balaban J connectivity index is 1.52. The van der Waals surface area contributed by atoms with Crippen molar-refractivity contribution in [1.82, 2.24) is 14.8 Å². The maximum absolute atomic E-state index is 13.0. The van der Waals surface area contributed by atoms with Gasteiger partial charge in [0, 0.05) is 30.2 Å². The number of para-hydroxylation sites is 1. The summed E-state index contributed by atoms with van der Waals surface area (Å²) in [7, 11) is 0. The third-order valence-corrected chi connectivity index (χ3v) is 4.44. The van der Waals surface area contributed by atoms with E-state index in [0.717, 1.165) is 11.3 Å². The zero-order valence-corrected chi connectivity index (χ0v) is 15.2. The van der Waals surface area contributed by atoms with E-state index in [1.165, 1.54) is 0 Å². The van der Waals surface area contributed by atoms with Gasteiger partial charge in [0.1, 0.15) is 17.0 Å².